The third kappa shape index (κ3) is 3.44. The smallest absolute Gasteiger partial charge is 0.312 e. The third-order valence-electron chi connectivity index (χ3n) is 5.75. The number of piperidine rings is 1. The third-order valence-corrected chi connectivity index (χ3v) is 5.75. The maximum absolute atomic E-state index is 12.9. The second kappa shape index (κ2) is 7.89. The summed E-state index contributed by atoms with van der Waals surface area (Å²) in [5.41, 5.74) is 1.21. The van der Waals surface area contributed by atoms with Crippen molar-refractivity contribution in [3.8, 4) is 0 Å². The van der Waals surface area contributed by atoms with Crippen LogP contribution >= 0.6 is 0 Å². The number of fused-ring (bicyclic) bond motifs is 1. The highest BCUT2D eigenvalue weighted by molar-refractivity contribution is 6.23. The summed E-state index contributed by atoms with van der Waals surface area (Å²) < 4.78 is 5.24. The van der Waals surface area contributed by atoms with Gasteiger partial charge >= 0.3 is 5.97 Å². The molecule has 0 aromatic heterocycles. The van der Waals surface area contributed by atoms with Gasteiger partial charge in [0.1, 0.15) is 6.04 Å². The minimum absolute atomic E-state index is 0.0819. The molecule has 1 atom stereocenters. The standard InChI is InChI=1S/C21H23N3O6/c1-2-3-8-30-21(29)12-10-23(11-12)13-4-5-14-15(9-13)20(28)24(19(14)27)16-6-7-17(25)22-18(16)26/h4-5,9,12,16H,2-3,6-8,10-11H2,1H3,(H,22,25,26). The van der Waals surface area contributed by atoms with Crippen LogP contribution in [0.5, 0.6) is 0 Å². The minimum Gasteiger partial charge on any atom is -0.465 e. The topological polar surface area (TPSA) is 113 Å². The second-order valence-electron chi connectivity index (χ2n) is 7.80. The van der Waals surface area contributed by atoms with E-state index >= 15 is 0 Å². The molecule has 4 amide bonds. The lowest BCUT2D eigenvalue weighted by molar-refractivity contribution is -0.149. The highest BCUT2D eigenvalue weighted by atomic mass is 16.5. The van der Waals surface area contributed by atoms with Crippen molar-refractivity contribution in [1.82, 2.24) is 10.2 Å². The van der Waals surface area contributed by atoms with Gasteiger partial charge in [0.15, 0.2) is 0 Å². The number of hydrogen-bond acceptors (Lipinski definition) is 7. The SMILES string of the molecule is CCCCOC(=O)C1CN(c2ccc3c(c2)C(=O)N(C2CCC(=O)NC2=O)C3=O)C1. The number of benzene rings is 1. The number of carbonyl (C=O) groups excluding carboxylic acids is 5. The first-order valence-electron chi connectivity index (χ1n) is 10.2. The van der Waals surface area contributed by atoms with Gasteiger partial charge in [-0.2, -0.15) is 0 Å². The average molecular weight is 413 g/mol. The van der Waals surface area contributed by atoms with E-state index < -0.39 is 29.7 Å². The van der Waals surface area contributed by atoms with Crippen LogP contribution < -0.4 is 10.2 Å². The zero-order chi connectivity index (χ0) is 21.4. The van der Waals surface area contributed by atoms with Gasteiger partial charge in [-0.3, -0.25) is 34.2 Å². The number of amides is 4. The summed E-state index contributed by atoms with van der Waals surface area (Å²) in [5, 5.41) is 2.18. The van der Waals surface area contributed by atoms with Gasteiger partial charge in [0.05, 0.1) is 23.7 Å². The van der Waals surface area contributed by atoms with E-state index in [0.29, 0.717) is 19.7 Å². The molecule has 1 aromatic carbocycles. The van der Waals surface area contributed by atoms with Crippen molar-refractivity contribution < 1.29 is 28.7 Å². The lowest BCUT2D eigenvalue weighted by atomic mass is 9.98. The lowest BCUT2D eigenvalue weighted by Crippen LogP contribution is -2.54. The first-order chi connectivity index (χ1) is 14.4. The van der Waals surface area contributed by atoms with E-state index in [1.807, 2.05) is 11.8 Å². The Balaban J connectivity index is 1.44. The molecule has 1 aromatic rings. The first-order valence-corrected chi connectivity index (χ1v) is 10.2. The van der Waals surface area contributed by atoms with Gasteiger partial charge in [-0.25, -0.2) is 0 Å². The highest BCUT2D eigenvalue weighted by Gasteiger charge is 2.45. The highest BCUT2D eigenvalue weighted by Crippen LogP contribution is 2.33. The minimum atomic E-state index is -0.982. The van der Waals surface area contributed by atoms with E-state index in [1.54, 1.807) is 18.2 Å². The van der Waals surface area contributed by atoms with Crippen LogP contribution in [0.1, 0.15) is 53.3 Å². The number of unbranched alkanes of at least 4 members (excludes halogenated alkanes) is 1. The molecule has 4 rings (SSSR count). The van der Waals surface area contributed by atoms with Crippen molar-refractivity contribution in [2.45, 2.75) is 38.6 Å². The molecular weight excluding hydrogens is 390 g/mol. The molecule has 9 heteroatoms. The Labute approximate surface area is 173 Å². The summed E-state index contributed by atoms with van der Waals surface area (Å²) in [4.78, 5) is 64.0. The van der Waals surface area contributed by atoms with Crippen LogP contribution in [0.15, 0.2) is 18.2 Å². The fraction of sp³-hybridized carbons (Fsp3) is 0.476. The molecule has 2 fully saturated rings. The van der Waals surface area contributed by atoms with Crippen molar-refractivity contribution in [3.63, 3.8) is 0 Å². The molecule has 0 saturated carbocycles. The predicted molar refractivity (Wildman–Crippen MR) is 105 cm³/mol. The predicted octanol–water partition coefficient (Wildman–Crippen LogP) is 0.867. The van der Waals surface area contributed by atoms with Crippen LogP contribution in [-0.2, 0) is 19.1 Å². The lowest BCUT2D eigenvalue weighted by Gasteiger charge is -2.39. The maximum Gasteiger partial charge on any atom is 0.312 e. The Hall–Kier alpha value is -3.23. The van der Waals surface area contributed by atoms with Gasteiger partial charge in [-0.05, 0) is 31.0 Å². The van der Waals surface area contributed by atoms with Crippen molar-refractivity contribution >= 4 is 35.3 Å². The molecule has 0 radical (unpaired) electrons. The Morgan fingerprint density at radius 1 is 1.13 bits per heavy atom. The number of ether oxygens (including phenoxy) is 1. The summed E-state index contributed by atoms with van der Waals surface area (Å²) in [7, 11) is 0. The van der Waals surface area contributed by atoms with Crippen molar-refractivity contribution in [2.75, 3.05) is 24.6 Å². The van der Waals surface area contributed by atoms with Gasteiger partial charge in [0.25, 0.3) is 11.8 Å². The largest absolute Gasteiger partial charge is 0.465 e. The Morgan fingerprint density at radius 2 is 1.87 bits per heavy atom. The maximum atomic E-state index is 12.9. The van der Waals surface area contributed by atoms with Crippen LogP contribution in [0.4, 0.5) is 5.69 Å². The van der Waals surface area contributed by atoms with E-state index in [9.17, 15) is 24.0 Å². The number of imide groups is 2. The van der Waals surface area contributed by atoms with Crippen molar-refractivity contribution in [1.29, 1.82) is 0 Å². The van der Waals surface area contributed by atoms with Crippen molar-refractivity contribution in [2.24, 2.45) is 5.92 Å². The van der Waals surface area contributed by atoms with E-state index in [2.05, 4.69) is 5.32 Å². The fourth-order valence-electron chi connectivity index (χ4n) is 3.93. The molecule has 3 heterocycles. The molecule has 30 heavy (non-hydrogen) atoms. The molecule has 1 unspecified atom stereocenters. The van der Waals surface area contributed by atoms with Crippen LogP contribution in [0.25, 0.3) is 0 Å². The molecular formula is C21H23N3O6. The molecule has 158 valence electrons. The van der Waals surface area contributed by atoms with Crippen molar-refractivity contribution in [3.05, 3.63) is 29.3 Å². The normalized spacial score (nSPS) is 21.4. The van der Waals surface area contributed by atoms with E-state index in [-0.39, 0.29) is 35.9 Å². The molecule has 3 aliphatic heterocycles. The molecule has 3 aliphatic rings. The van der Waals surface area contributed by atoms with E-state index in [4.69, 9.17) is 4.74 Å². The van der Waals surface area contributed by atoms with Gasteiger partial charge < -0.3 is 9.64 Å². The fourth-order valence-corrected chi connectivity index (χ4v) is 3.93. The summed E-state index contributed by atoms with van der Waals surface area (Å²) in [5.74, 6) is -2.52. The molecule has 2 saturated heterocycles. The number of anilines is 1. The summed E-state index contributed by atoms with van der Waals surface area (Å²) in [6.07, 6.45) is 2.00. The summed E-state index contributed by atoms with van der Waals surface area (Å²) in [6.45, 7) is 3.43. The number of nitrogens with zero attached hydrogens (tertiary/aromatic N) is 2. The van der Waals surface area contributed by atoms with Crippen LogP contribution in [0.2, 0.25) is 0 Å². The first kappa shape index (κ1) is 20.1. The van der Waals surface area contributed by atoms with E-state index in [1.165, 1.54) is 0 Å². The number of rotatable bonds is 6. The zero-order valence-electron chi connectivity index (χ0n) is 16.7. The number of esters is 1. The van der Waals surface area contributed by atoms with Crippen LogP contribution in [-0.4, -0.2) is 60.2 Å². The molecule has 1 N–H and O–H groups in total. The van der Waals surface area contributed by atoms with Gasteiger partial charge in [-0.1, -0.05) is 13.3 Å². The molecule has 0 spiro atoms. The number of hydrogen-bond donors (Lipinski definition) is 1. The van der Waals surface area contributed by atoms with Gasteiger partial charge in [-0.15, -0.1) is 0 Å². The van der Waals surface area contributed by atoms with Gasteiger partial charge in [0.2, 0.25) is 11.8 Å². The monoisotopic (exact) mass is 413 g/mol. The Bertz CT molecular complexity index is 937. The molecule has 0 bridgehead atoms. The van der Waals surface area contributed by atoms with Crippen LogP contribution in [0.3, 0.4) is 0 Å². The zero-order valence-corrected chi connectivity index (χ0v) is 16.7. The quantitative estimate of drug-likeness (QED) is 0.418. The number of carbonyl (C=O) groups is 5. The molecule has 9 nitrogen and oxygen atoms in total. The molecule has 0 aliphatic carbocycles. The average Bonchev–Trinajstić information content (AvgIpc) is 2.92. The second-order valence-corrected chi connectivity index (χ2v) is 7.80. The summed E-state index contributed by atoms with van der Waals surface area (Å²) >= 11 is 0. The number of nitrogens with one attached hydrogen (secondary N) is 1. The Morgan fingerprint density at radius 3 is 2.57 bits per heavy atom. The van der Waals surface area contributed by atoms with E-state index in [0.717, 1.165) is 23.4 Å². The van der Waals surface area contributed by atoms with Gasteiger partial charge in [0, 0.05) is 25.2 Å². The Kier molecular flexibility index (Phi) is 5.27. The summed E-state index contributed by atoms with van der Waals surface area (Å²) in [6, 6.07) is 3.95. The van der Waals surface area contributed by atoms with Crippen LogP contribution in [0, 0.1) is 5.92 Å².